The zero-order valence-electron chi connectivity index (χ0n) is 18.7. The molecule has 2 amide bonds. The Bertz CT molecular complexity index is 966. The molecule has 33 heavy (non-hydrogen) atoms. The largest absolute Gasteiger partial charge is 0.356 e. The minimum absolute atomic E-state index is 0.0332. The van der Waals surface area contributed by atoms with Gasteiger partial charge in [-0.3, -0.25) is 14.5 Å². The molecular weight excluding hydrogens is 443 g/mol. The number of carbonyl (C=O) groups is 2. The van der Waals surface area contributed by atoms with Crippen LogP contribution in [-0.4, -0.2) is 67.4 Å². The monoisotopic (exact) mass is 472 g/mol. The first-order chi connectivity index (χ1) is 16.0. The van der Waals surface area contributed by atoms with E-state index in [-0.39, 0.29) is 29.8 Å². The quantitative estimate of drug-likeness (QED) is 0.600. The molecule has 0 aliphatic carbocycles. The average Bonchev–Trinajstić information content (AvgIpc) is 3.22. The standard InChI is InChI=1S/C25H30ClFN4O2/c26-22-16-21(7-8-23(22)27)31-18-20(15-24(31)32)25(33)28-9-4-10-29-11-13-30(14-12-29)17-19-5-2-1-3-6-19/h1-3,5-8,16,20H,4,9-15,17-18H2,(H,28,33)/t20-/m1/s1. The number of rotatable bonds is 8. The van der Waals surface area contributed by atoms with Crippen LogP contribution in [0.2, 0.25) is 5.02 Å². The van der Waals surface area contributed by atoms with Crippen LogP contribution >= 0.6 is 11.6 Å². The fourth-order valence-corrected chi connectivity index (χ4v) is 4.63. The summed E-state index contributed by atoms with van der Waals surface area (Å²) in [4.78, 5) is 31.3. The van der Waals surface area contributed by atoms with Gasteiger partial charge in [-0.05, 0) is 36.7 Å². The lowest BCUT2D eigenvalue weighted by Crippen LogP contribution is -2.46. The van der Waals surface area contributed by atoms with E-state index in [1.807, 2.05) is 6.07 Å². The Morgan fingerprint density at radius 2 is 1.79 bits per heavy atom. The molecule has 2 heterocycles. The molecule has 6 nitrogen and oxygen atoms in total. The highest BCUT2D eigenvalue weighted by Gasteiger charge is 2.35. The van der Waals surface area contributed by atoms with E-state index in [9.17, 15) is 14.0 Å². The maximum Gasteiger partial charge on any atom is 0.227 e. The second-order valence-electron chi connectivity index (χ2n) is 8.75. The maximum atomic E-state index is 13.4. The van der Waals surface area contributed by atoms with Crippen LogP contribution in [0.3, 0.4) is 0 Å². The SMILES string of the molecule is O=C(NCCCN1CCN(Cc2ccccc2)CC1)[C@@H]1CC(=O)N(c2ccc(F)c(Cl)c2)C1. The first-order valence-corrected chi connectivity index (χ1v) is 11.9. The van der Waals surface area contributed by atoms with E-state index in [0.717, 1.165) is 45.7 Å². The van der Waals surface area contributed by atoms with Gasteiger partial charge >= 0.3 is 0 Å². The smallest absolute Gasteiger partial charge is 0.227 e. The number of nitrogens with zero attached hydrogens (tertiary/aromatic N) is 3. The van der Waals surface area contributed by atoms with E-state index in [0.29, 0.717) is 12.2 Å². The van der Waals surface area contributed by atoms with Crippen molar-refractivity contribution in [3.8, 4) is 0 Å². The minimum Gasteiger partial charge on any atom is -0.356 e. The van der Waals surface area contributed by atoms with Gasteiger partial charge < -0.3 is 15.1 Å². The van der Waals surface area contributed by atoms with Crippen LogP contribution in [0.25, 0.3) is 0 Å². The predicted octanol–water partition coefficient (Wildman–Crippen LogP) is 3.16. The van der Waals surface area contributed by atoms with Crippen molar-refractivity contribution < 1.29 is 14.0 Å². The highest BCUT2D eigenvalue weighted by molar-refractivity contribution is 6.31. The molecule has 8 heteroatoms. The van der Waals surface area contributed by atoms with E-state index in [1.165, 1.54) is 28.7 Å². The number of nitrogens with one attached hydrogen (secondary N) is 1. The number of amides is 2. The van der Waals surface area contributed by atoms with Crippen molar-refractivity contribution >= 4 is 29.1 Å². The Morgan fingerprint density at radius 3 is 2.52 bits per heavy atom. The molecule has 2 fully saturated rings. The van der Waals surface area contributed by atoms with Gasteiger partial charge in [0.2, 0.25) is 11.8 Å². The predicted molar refractivity (Wildman–Crippen MR) is 128 cm³/mol. The summed E-state index contributed by atoms with van der Waals surface area (Å²) in [7, 11) is 0. The molecule has 0 saturated carbocycles. The Kier molecular flexibility index (Phi) is 7.96. The molecule has 2 aliphatic rings. The summed E-state index contributed by atoms with van der Waals surface area (Å²) >= 11 is 5.83. The molecule has 2 aliphatic heterocycles. The van der Waals surface area contributed by atoms with Crippen molar-refractivity contribution in [2.75, 3.05) is 50.7 Å². The molecule has 1 N–H and O–H groups in total. The Balaban J connectivity index is 1.14. The number of halogens is 2. The fourth-order valence-electron chi connectivity index (χ4n) is 4.46. The lowest BCUT2D eigenvalue weighted by molar-refractivity contribution is -0.126. The third-order valence-corrected chi connectivity index (χ3v) is 6.66. The third-order valence-electron chi connectivity index (χ3n) is 6.37. The van der Waals surface area contributed by atoms with Gasteiger partial charge in [-0.1, -0.05) is 41.9 Å². The number of anilines is 1. The van der Waals surface area contributed by atoms with Gasteiger partial charge in [0.1, 0.15) is 5.82 Å². The minimum atomic E-state index is -0.529. The average molecular weight is 473 g/mol. The molecule has 2 aromatic rings. The van der Waals surface area contributed by atoms with Crippen LogP contribution in [0.5, 0.6) is 0 Å². The fraction of sp³-hybridized carbons (Fsp3) is 0.440. The van der Waals surface area contributed by atoms with Gasteiger partial charge in [0.15, 0.2) is 0 Å². The zero-order valence-corrected chi connectivity index (χ0v) is 19.4. The van der Waals surface area contributed by atoms with Crippen molar-refractivity contribution in [2.45, 2.75) is 19.4 Å². The first kappa shape index (κ1) is 23.7. The summed E-state index contributed by atoms with van der Waals surface area (Å²) in [6, 6.07) is 14.7. The van der Waals surface area contributed by atoms with Gasteiger partial charge in [0, 0.05) is 57.9 Å². The van der Waals surface area contributed by atoms with Gasteiger partial charge in [-0.25, -0.2) is 4.39 Å². The molecule has 0 spiro atoms. The van der Waals surface area contributed by atoms with Crippen LogP contribution in [0.4, 0.5) is 10.1 Å². The van der Waals surface area contributed by atoms with Crippen LogP contribution in [0.15, 0.2) is 48.5 Å². The molecule has 0 unspecified atom stereocenters. The van der Waals surface area contributed by atoms with E-state index in [4.69, 9.17) is 11.6 Å². The van der Waals surface area contributed by atoms with Crippen molar-refractivity contribution in [1.29, 1.82) is 0 Å². The Morgan fingerprint density at radius 1 is 1.06 bits per heavy atom. The van der Waals surface area contributed by atoms with Crippen molar-refractivity contribution in [3.63, 3.8) is 0 Å². The van der Waals surface area contributed by atoms with Gasteiger partial charge in [-0.2, -0.15) is 0 Å². The van der Waals surface area contributed by atoms with E-state index < -0.39 is 11.7 Å². The topological polar surface area (TPSA) is 55.9 Å². The highest BCUT2D eigenvalue weighted by atomic mass is 35.5. The van der Waals surface area contributed by atoms with Crippen LogP contribution in [0, 0.1) is 11.7 Å². The number of hydrogen-bond donors (Lipinski definition) is 1. The van der Waals surface area contributed by atoms with Crippen molar-refractivity contribution in [1.82, 2.24) is 15.1 Å². The summed E-state index contributed by atoms with van der Waals surface area (Å²) in [6.07, 6.45) is 1.03. The zero-order chi connectivity index (χ0) is 23.2. The molecule has 4 rings (SSSR count). The summed E-state index contributed by atoms with van der Waals surface area (Å²) in [5.41, 5.74) is 1.87. The highest BCUT2D eigenvalue weighted by Crippen LogP contribution is 2.28. The number of piperazine rings is 1. The third kappa shape index (κ3) is 6.31. The first-order valence-electron chi connectivity index (χ1n) is 11.5. The maximum absolute atomic E-state index is 13.4. The number of carbonyl (C=O) groups excluding carboxylic acids is 2. The summed E-state index contributed by atoms with van der Waals surface area (Å²) in [5, 5.41) is 2.94. The normalized spacial score (nSPS) is 19.8. The Hall–Kier alpha value is -2.48. The summed E-state index contributed by atoms with van der Waals surface area (Å²) in [6.45, 7) is 6.99. The van der Waals surface area contributed by atoms with Gasteiger partial charge in [0.25, 0.3) is 0 Å². The molecule has 2 saturated heterocycles. The van der Waals surface area contributed by atoms with Crippen LogP contribution in [0.1, 0.15) is 18.4 Å². The molecule has 1 atom stereocenters. The molecule has 2 aromatic carbocycles. The van der Waals surface area contributed by atoms with Crippen molar-refractivity contribution in [3.05, 3.63) is 64.9 Å². The number of hydrogen-bond acceptors (Lipinski definition) is 4. The summed E-state index contributed by atoms with van der Waals surface area (Å²) < 4.78 is 13.4. The lowest BCUT2D eigenvalue weighted by Gasteiger charge is -2.34. The van der Waals surface area contributed by atoms with E-state index in [1.54, 1.807) is 0 Å². The molecule has 176 valence electrons. The van der Waals surface area contributed by atoms with Gasteiger partial charge in [0.05, 0.1) is 10.9 Å². The van der Waals surface area contributed by atoms with Crippen LogP contribution < -0.4 is 10.2 Å². The van der Waals surface area contributed by atoms with E-state index >= 15 is 0 Å². The lowest BCUT2D eigenvalue weighted by atomic mass is 10.1. The molecular formula is C25H30ClFN4O2. The second kappa shape index (κ2) is 11.1. The molecule has 0 radical (unpaired) electrons. The van der Waals surface area contributed by atoms with Crippen molar-refractivity contribution in [2.24, 2.45) is 5.92 Å². The molecule has 0 aromatic heterocycles. The number of benzene rings is 2. The summed E-state index contributed by atoms with van der Waals surface area (Å²) in [5.74, 6) is -1.18. The molecule has 0 bridgehead atoms. The van der Waals surface area contributed by atoms with Crippen LogP contribution in [-0.2, 0) is 16.1 Å². The van der Waals surface area contributed by atoms with Gasteiger partial charge in [-0.15, -0.1) is 0 Å². The second-order valence-corrected chi connectivity index (χ2v) is 9.16. The Labute approximate surface area is 199 Å². The van der Waals surface area contributed by atoms with E-state index in [2.05, 4.69) is 39.4 Å².